The van der Waals surface area contributed by atoms with Gasteiger partial charge in [0.2, 0.25) is 0 Å². The van der Waals surface area contributed by atoms with E-state index in [2.05, 4.69) is 24.4 Å². The van der Waals surface area contributed by atoms with Gasteiger partial charge < -0.3 is 10.4 Å². The van der Waals surface area contributed by atoms with Gasteiger partial charge in [-0.05, 0) is 36.6 Å². The van der Waals surface area contributed by atoms with Crippen LogP contribution in [0.5, 0.6) is 0 Å². The van der Waals surface area contributed by atoms with Crippen LogP contribution >= 0.6 is 0 Å². The van der Waals surface area contributed by atoms with E-state index in [9.17, 15) is 4.79 Å². The second kappa shape index (κ2) is 6.74. The van der Waals surface area contributed by atoms with E-state index in [1.54, 1.807) is 6.92 Å². The number of anilines is 1. The van der Waals surface area contributed by atoms with Crippen LogP contribution in [-0.2, 0) is 11.2 Å². The monoisotopic (exact) mass is 233 g/mol. The highest BCUT2D eigenvalue weighted by Gasteiger charge is 1.96. The van der Waals surface area contributed by atoms with Crippen molar-refractivity contribution in [3.8, 4) is 0 Å². The summed E-state index contributed by atoms with van der Waals surface area (Å²) in [5.41, 5.74) is 3.15. The van der Waals surface area contributed by atoms with Crippen LogP contribution in [0.3, 0.4) is 0 Å². The zero-order valence-corrected chi connectivity index (χ0v) is 10.4. The van der Waals surface area contributed by atoms with Gasteiger partial charge in [-0.15, -0.1) is 0 Å². The van der Waals surface area contributed by atoms with Gasteiger partial charge in [-0.1, -0.05) is 25.5 Å². The maximum Gasteiger partial charge on any atom is 0.328 e. The van der Waals surface area contributed by atoms with Crippen LogP contribution in [0, 0.1) is 0 Å². The van der Waals surface area contributed by atoms with Crippen LogP contribution < -0.4 is 5.32 Å². The number of benzene rings is 1. The summed E-state index contributed by atoms with van der Waals surface area (Å²) in [5, 5.41) is 11.8. The second-order valence-electron chi connectivity index (χ2n) is 4.13. The normalized spacial score (nSPS) is 11.3. The smallest absolute Gasteiger partial charge is 0.328 e. The Kier molecular flexibility index (Phi) is 5.27. The van der Waals surface area contributed by atoms with E-state index >= 15 is 0 Å². The predicted molar refractivity (Wildman–Crippen MR) is 70.3 cm³/mol. The molecule has 0 heterocycles. The molecule has 0 aliphatic rings. The van der Waals surface area contributed by atoms with E-state index < -0.39 is 5.97 Å². The number of aryl methyl sites for hydroxylation is 1. The summed E-state index contributed by atoms with van der Waals surface area (Å²) >= 11 is 0. The SMILES string of the molecule is CCCc1ccc(NC/C(C)=C/C(=O)O)cc1. The Hall–Kier alpha value is -1.77. The minimum absolute atomic E-state index is 0.555. The Bertz CT molecular complexity index is 393. The molecule has 0 fully saturated rings. The van der Waals surface area contributed by atoms with E-state index in [0.717, 1.165) is 24.1 Å². The van der Waals surface area contributed by atoms with E-state index in [1.807, 2.05) is 12.1 Å². The number of hydrogen-bond donors (Lipinski definition) is 2. The van der Waals surface area contributed by atoms with Crippen molar-refractivity contribution in [1.82, 2.24) is 0 Å². The van der Waals surface area contributed by atoms with Crippen molar-refractivity contribution in [2.75, 3.05) is 11.9 Å². The molecular formula is C14H19NO2. The molecule has 0 bridgehead atoms. The van der Waals surface area contributed by atoms with Gasteiger partial charge in [0.15, 0.2) is 0 Å². The molecule has 1 aromatic rings. The molecule has 0 saturated carbocycles. The van der Waals surface area contributed by atoms with Crippen molar-refractivity contribution < 1.29 is 9.90 Å². The van der Waals surface area contributed by atoms with Gasteiger partial charge in [0.1, 0.15) is 0 Å². The van der Waals surface area contributed by atoms with Crippen LogP contribution in [0.15, 0.2) is 35.9 Å². The van der Waals surface area contributed by atoms with Gasteiger partial charge in [-0.25, -0.2) is 4.79 Å². The summed E-state index contributed by atoms with van der Waals surface area (Å²) in [4.78, 5) is 10.4. The number of aliphatic carboxylic acids is 1. The molecule has 0 aliphatic heterocycles. The van der Waals surface area contributed by atoms with Crippen molar-refractivity contribution in [3.63, 3.8) is 0 Å². The highest BCUT2D eigenvalue weighted by atomic mass is 16.4. The molecule has 3 nitrogen and oxygen atoms in total. The Morgan fingerprint density at radius 2 is 2.00 bits per heavy atom. The largest absolute Gasteiger partial charge is 0.478 e. The number of hydrogen-bond acceptors (Lipinski definition) is 2. The number of nitrogens with one attached hydrogen (secondary N) is 1. The standard InChI is InChI=1S/C14H19NO2/c1-3-4-12-5-7-13(8-6-12)15-10-11(2)9-14(16)17/h5-9,15H,3-4,10H2,1-2H3,(H,16,17)/b11-9+. The van der Waals surface area contributed by atoms with Crippen LogP contribution in [-0.4, -0.2) is 17.6 Å². The van der Waals surface area contributed by atoms with Crippen molar-refractivity contribution in [2.45, 2.75) is 26.7 Å². The molecule has 3 heteroatoms. The fourth-order valence-corrected chi connectivity index (χ4v) is 1.58. The highest BCUT2D eigenvalue weighted by molar-refractivity contribution is 5.80. The maximum atomic E-state index is 10.4. The van der Waals surface area contributed by atoms with E-state index in [0.29, 0.717) is 6.54 Å². The molecule has 92 valence electrons. The number of carboxylic acids is 1. The van der Waals surface area contributed by atoms with E-state index in [-0.39, 0.29) is 0 Å². The van der Waals surface area contributed by atoms with Gasteiger partial charge in [0.05, 0.1) is 0 Å². The summed E-state index contributed by atoms with van der Waals surface area (Å²) in [6.45, 7) is 4.51. The molecule has 0 aromatic heterocycles. The Morgan fingerprint density at radius 1 is 1.35 bits per heavy atom. The fourth-order valence-electron chi connectivity index (χ4n) is 1.58. The first-order valence-electron chi connectivity index (χ1n) is 5.84. The molecule has 0 saturated heterocycles. The fraction of sp³-hybridized carbons (Fsp3) is 0.357. The molecule has 2 N–H and O–H groups in total. The van der Waals surface area contributed by atoms with Crippen LogP contribution in [0.25, 0.3) is 0 Å². The summed E-state index contributed by atoms with van der Waals surface area (Å²) in [6, 6.07) is 8.25. The minimum atomic E-state index is -0.900. The molecule has 0 unspecified atom stereocenters. The van der Waals surface area contributed by atoms with Crippen LogP contribution in [0.4, 0.5) is 5.69 Å². The van der Waals surface area contributed by atoms with Gasteiger partial charge >= 0.3 is 5.97 Å². The molecule has 0 amide bonds. The average molecular weight is 233 g/mol. The van der Waals surface area contributed by atoms with Gasteiger partial charge in [-0.3, -0.25) is 0 Å². The van der Waals surface area contributed by atoms with Gasteiger partial charge in [0, 0.05) is 18.3 Å². The third-order valence-electron chi connectivity index (χ3n) is 2.43. The van der Waals surface area contributed by atoms with Crippen molar-refractivity contribution in [2.24, 2.45) is 0 Å². The van der Waals surface area contributed by atoms with Gasteiger partial charge in [0.25, 0.3) is 0 Å². The highest BCUT2D eigenvalue weighted by Crippen LogP contribution is 2.11. The number of carbonyl (C=O) groups is 1. The lowest BCUT2D eigenvalue weighted by molar-refractivity contribution is -0.131. The Balaban J connectivity index is 2.49. The molecular weight excluding hydrogens is 214 g/mol. The minimum Gasteiger partial charge on any atom is -0.478 e. The van der Waals surface area contributed by atoms with Crippen molar-refractivity contribution >= 4 is 11.7 Å². The summed E-state index contributed by atoms with van der Waals surface area (Å²) in [5.74, 6) is -0.900. The van der Waals surface area contributed by atoms with Gasteiger partial charge in [-0.2, -0.15) is 0 Å². The number of carboxylic acid groups (broad SMARTS) is 1. The third kappa shape index (κ3) is 5.20. The summed E-state index contributed by atoms with van der Waals surface area (Å²) in [7, 11) is 0. The van der Waals surface area contributed by atoms with Crippen molar-refractivity contribution in [3.05, 3.63) is 41.5 Å². The van der Waals surface area contributed by atoms with Crippen LogP contribution in [0.1, 0.15) is 25.8 Å². The quantitative estimate of drug-likeness (QED) is 0.742. The zero-order valence-electron chi connectivity index (χ0n) is 10.4. The van der Waals surface area contributed by atoms with E-state index in [4.69, 9.17) is 5.11 Å². The van der Waals surface area contributed by atoms with E-state index in [1.165, 1.54) is 11.6 Å². The lowest BCUT2D eigenvalue weighted by Crippen LogP contribution is -2.04. The first-order valence-corrected chi connectivity index (χ1v) is 5.84. The second-order valence-corrected chi connectivity index (χ2v) is 4.13. The average Bonchev–Trinajstić information content (AvgIpc) is 2.28. The number of rotatable bonds is 6. The summed E-state index contributed by atoms with van der Waals surface area (Å²) < 4.78 is 0. The first-order chi connectivity index (χ1) is 8.11. The Morgan fingerprint density at radius 3 is 2.53 bits per heavy atom. The third-order valence-corrected chi connectivity index (χ3v) is 2.43. The molecule has 17 heavy (non-hydrogen) atoms. The molecule has 0 atom stereocenters. The molecule has 1 aromatic carbocycles. The van der Waals surface area contributed by atoms with Crippen molar-refractivity contribution in [1.29, 1.82) is 0 Å². The summed E-state index contributed by atoms with van der Waals surface area (Å²) in [6.07, 6.45) is 3.46. The lowest BCUT2D eigenvalue weighted by Gasteiger charge is -2.07. The zero-order chi connectivity index (χ0) is 12.7. The Labute approximate surface area is 102 Å². The topological polar surface area (TPSA) is 49.3 Å². The molecule has 0 aliphatic carbocycles. The molecule has 0 spiro atoms. The first kappa shape index (κ1) is 13.3. The predicted octanol–water partition coefficient (Wildman–Crippen LogP) is 3.08. The molecule has 0 radical (unpaired) electrons. The van der Waals surface area contributed by atoms with Crippen LogP contribution in [0.2, 0.25) is 0 Å². The maximum absolute atomic E-state index is 10.4. The lowest BCUT2D eigenvalue weighted by atomic mass is 10.1. The molecule has 1 rings (SSSR count).